The van der Waals surface area contributed by atoms with Crippen LogP contribution in [0.2, 0.25) is 0 Å². The summed E-state index contributed by atoms with van der Waals surface area (Å²) >= 11 is 0. The highest BCUT2D eigenvalue weighted by molar-refractivity contribution is 6.22. The molecule has 0 unspecified atom stereocenters. The number of benzene rings is 16. The summed E-state index contributed by atoms with van der Waals surface area (Å²) in [4.78, 5) is 26.0. The second kappa shape index (κ2) is 25.6. The predicted molar refractivity (Wildman–Crippen MR) is 481 cm³/mol. The van der Waals surface area contributed by atoms with Crippen LogP contribution in [-0.2, 0) is 0 Å². The van der Waals surface area contributed by atoms with Crippen molar-refractivity contribution in [2.24, 2.45) is 0 Å². The molecule has 0 bridgehead atoms. The third kappa shape index (κ3) is 9.94. The smallest absolute Gasteiger partial charge is 0.253 e. The molecule has 0 aliphatic rings. The van der Waals surface area contributed by atoms with Gasteiger partial charge in [-0.1, -0.05) is 237 Å². The molecular weight excluding hydrogens is 1440 g/mol. The van der Waals surface area contributed by atoms with E-state index in [-0.39, 0.29) is 0 Å². The van der Waals surface area contributed by atoms with Gasteiger partial charge in [-0.05, 0) is 178 Å². The summed E-state index contributed by atoms with van der Waals surface area (Å²) in [6.07, 6.45) is 3.75. The second-order valence-electron chi connectivity index (χ2n) is 30.5. The molecule has 0 spiro atoms. The van der Waals surface area contributed by atoms with Crippen molar-refractivity contribution in [3.05, 3.63) is 382 Å². The van der Waals surface area contributed by atoms with E-state index in [2.05, 4.69) is 369 Å². The lowest BCUT2D eigenvalue weighted by molar-refractivity contribution is 0.987. The Bertz CT molecular complexity index is 8500. The molecule has 9 aromatic heterocycles. The Labute approximate surface area is 673 Å². The van der Waals surface area contributed by atoms with E-state index < -0.39 is 0 Å². The molecule has 0 N–H and O–H groups in total. The van der Waals surface area contributed by atoms with Crippen molar-refractivity contribution in [2.45, 2.75) is 0 Å². The number of nitrogens with zero attached hydrogens (tertiary/aromatic N) is 13. The molecule has 25 aromatic rings. The van der Waals surface area contributed by atoms with Crippen molar-refractivity contribution in [3.8, 4) is 101 Å². The van der Waals surface area contributed by atoms with Crippen LogP contribution in [0, 0.1) is 0 Å². The van der Waals surface area contributed by atoms with Crippen molar-refractivity contribution >= 4 is 131 Å². The van der Waals surface area contributed by atoms with Gasteiger partial charge in [0, 0.05) is 88.0 Å². The van der Waals surface area contributed by atoms with Gasteiger partial charge in [-0.15, -0.1) is 10.2 Å². The average molecular weight is 1510 g/mol. The Balaban J connectivity index is 0.598. The fourth-order valence-corrected chi connectivity index (χ4v) is 18.7. The Morgan fingerprint density at radius 2 is 0.602 bits per heavy atom. The summed E-state index contributed by atoms with van der Waals surface area (Å²) in [6.45, 7) is 0. The van der Waals surface area contributed by atoms with Crippen LogP contribution in [0.15, 0.2) is 382 Å². The minimum absolute atomic E-state index is 0.496. The summed E-state index contributed by atoms with van der Waals surface area (Å²) in [5.41, 5.74) is 26.7. The zero-order valence-electron chi connectivity index (χ0n) is 63.2. The van der Waals surface area contributed by atoms with E-state index in [1.807, 2.05) is 45.7 Å². The summed E-state index contributed by atoms with van der Waals surface area (Å²) in [6, 6.07) is 133. The molecule has 16 aromatic carbocycles. The van der Waals surface area contributed by atoms with Crippen molar-refractivity contribution in [3.63, 3.8) is 0 Å². The normalized spacial score (nSPS) is 12.1. The zero-order valence-corrected chi connectivity index (χ0v) is 63.2. The summed E-state index contributed by atoms with van der Waals surface area (Å²) in [5.74, 6) is 2.13. The maximum Gasteiger partial charge on any atom is 0.253 e. The van der Waals surface area contributed by atoms with Crippen LogP contribution in [-0.4, -0.2) is 62.4 Å². The molecular formula is C105H63N13. The molecule has 25 rings (SSSR count). The number of rotatable bonds is 11. The van der Waals surface area contributed by atoms with Crippen molar-refractivity contribution in [1.82, 2.24) is 62.4 Å². The SMILES string of the molecule is c1ccc(-c2nc3nc(-c4ccc(-c5ccc(-c6nc7nc(-c8ccccc8-n8c9ccccc9c9cc(-c%10ccc%11c(c%10)c%10c%12ccccc%12ccc%10n%11-c%10ccccc%10)ccc98)nn7c7ccccc67)cc5)cc4-n4c5ccccc5c5cc(-c6ccc7c(c6)c6ccccc6n7-c6cccnc6)ccc54)nn3c3ccccc23)cc1. The number of para-hydroxylation sites is 7. The van der Waals surface area contributed by atoms with Gasteiger partial charge >= 0.3 is 0 Å². The van der Waals surface area contributed by atoms with Crippen LogP contribution in [0.25, 0.3) is 233 Å². The van der Waals surface area contributed by atoms with Crippen molar-refractivity contribution in [2.75, 3.05) is 0 Å². The van der Waals surface area contributed by atoms with Crippen LogP contribution in [0.3, 0.4) is 0 Å². The van der Waals surface area contributed by atoms with Crippen molar-refractivity contribution < 1.29 is 0 Å². The molecule has 548 valence electrons. The summed E-state index contributed by atoms with van der Waals surface area (Å²) < 4.78 is 13.3. The van der Waals surface area contributed by atoms with Crippen LogP contribution in [0.1, 0.15) is 0 Å². The van der Waals surface area contributed by atoms with Crippen LogP contribution >= 0.6 is 0 Å². The first-order valence-electron chi connectivity index (χ1n) is 39.8. The first-order valence-corrected chi connectivity index (χ1v) is 39.8. The van der Waals surface area contributed by atoms with E-state index in [1.165, 1.54) is 43.4 Å². The number of fused-ring (bicyclic) bond motifs is 20. The van der Waals surface area contributed by atoms with E-state index >= 15 is 0 Å². The maximum absolute atomic E-state index is 5.45. The van der Waals surface area contributed by atoms with Gasteiger partial charge in [-0.25, -0.2) is 9.97 Å². The molecule has 13 heteroatoms. The number of hydrogen-bond acceptors (Lipinski definition) is 7. The van der Waals surface area contributed by atoms with Crippen LogP contribution in [0.4, 0.5) is 0 Å². The predicted octanol–water partition coefficient (Wildman–Crippen LogP) is 25.5. The molecule has 13 nitrogen and oxygen atoms in total. The van der Waals surface area contributed by atoms with Gasteiger partial charge in [0.15, 0.2) is 11.6 Å². The molecule has 0 radical (unpaired) electrons. The van der Waals surface area contributed by atoms with E-state index in [9.17, 15) is 0 Å². The standard InChI is InChI=1S/C105H63N13/c1-3-23-66(24-4-1)100-79-32-12-19-39-95(79)118-104(107-100)110-103(112-118)82-51-45-72(62-98(82)116-89-37-17-11-31-78(89)85-59-69(49-54-93(85)116)68-47-52-91-83(58-68)76-29-9-15-35-87(76)114(91)74-27-21-57-106-63-74)64-41-43-67(44-42-64)101-80-33-13-20-40-96(80)117-105(108-101)109-102(111-117)81-34-14-18-38-90(81)115-88-36-16-10-30-77(88)84-60-70(48-53-92(84)115)71-50-55-94-86(61-71)99-75-28-8-7-22-65(75)46-56-97(99)113(94)73-25-5-2-6-26-73/h1-63H. The molecule has 118 heavy (non-hydrogen) atoms. The fraction of sp³-hybridized carbons (Fsp3) is 0. The zero-order chi connectivity index (χ0) is 77.2. The topological polar surface area (TPSA) is 119 Å². The first kappa shape index (κ1) is 65.3. The number of pyridine rings is 1. The lowest BCUT2D eigenvalue weighted by Crippen LogP contribution is -2.00. The van der Waals surface area contributed by atoms with Gasteiger partial charge < -0.3 is 18.3 Å². The molecule has 0 saturated carbocycles. The van der Waals surface area contributed by atoms with Gasteiger partial charge in [-0.2, -0.15) is 19.0 Å². The Morgan fingerprint density at radius 1 is 0.212 bits per heavy atom. The summed E-state index contributed by atoms with van der Waals surface area (Å²) in [5, 5.41) is 24.5. The molecule has 0 saturated heterocycles. The molecule has 9 heterocycles. The fourth-order valence-electron chi connectivity index (χ4n) is 18.7. The Morgan fingerprint density at radius 3 is 1.18 bits per heavy atom. The Kier molecular flexibility index (Phi) is 14.2. The average Bonchev–Trinajstić information content (AvgIpc) is 1.85. The van der Waals surface area contributed by atoms with Gasteiger partial charge in [0.2, 0.25) is 0 Å². The van der Waals surface area contributed by atoms with E-state index in [1.54, 1.807) is 0 Å². The largest absolute Gasteiger partial charge is 0.309 e. The highest BCUT2D eigenvalue weighted by atomic mass is 15.3. The van der Waals surface area contributed by atoms with Gasteiger partial charge in [0.05, 0.1) is 89.8 Å². The molecule has 0 aliphatic carbocycles. The quantitative estimate of drug-likeness (QED) is 0.127. The van der Waals surface area contributed by atoms with Crippen LogP contribution in [0.5, 0.6) is 0 Å². The Hall–Kier alpha value is -16.3. The highest BCUT2D eigenvalue weighted by Crippen LogP contribution is 2.46. The molecule has 0 fully saturated rings. The lowest BCUT2D eigenvalue weighted by atomic mass is 9.98. The van der Waals surface area contributed by atoms with E-state index in [0.717, 1.165) is 166 Å². The maximum atomic E-state index is 5.45. The molecule has 0 atom stereocenters. The monoisotopic (exact) mass is 1510 g/mol. The second-order valence-corrected chi connectivity index (χ2v) is 30.5. The van der Waals surface area contributed by atoms with Gasteiger partial charge in [0.1, 0.15) is 0 Å². The first-order chi connectivity index (χ1) is 58.5. The van der Waals surface area contributed by atoms with Crippen molar-refractivity contribution in [1.29, 1.82) is 0 Å². The highest BCUT2D eigenvalue weighted by Gasteiger charge is 2.26. The minimum Gasteiger partial charge on any atom is -0.309 e. The number of aromatic nitrogens is 13. The molecule has 0 aliphatic heterocycles. The van der Waals surface area contributed by atoms with E-state index in [0.29, 0.717) is 23.2 Å². The van der Waals surface area contributed by atoms with E-state index in [4.69, 9.17) is 30.1 Å². The summed E-state index contributed by atoms with van der Waals surface area (Å²) in [7, 11) is 0. The molecule has 0 amide bonds. The lowest BCUT2D eigenvalue weighted by Gasteiger charge is -2.15. The third-order valence-corrected chi connectivity index (χ3v) is 24.0. The number of hydrogen-bond donors (Lipinski definition) is 0. The van der Waals surface area contributed by atoms with Gasteiger partial charge in [0.25, 0.3) is 11.6 Å². The third-order valence-electron chi connectivity index (χ3n) is 24.0. The minimum atomic E-state index is 0.496. The van der Waals surface area contributed by atoms with Gasteiger partial charge in [-0.3, -0.25) is 4.98 Å². The van der Waals surface area contributed by atoms with Crippen LogP contribution < -0.4 is 0 Å².